The highest BCUT2D eigenvalue weighted by Crippen LogP contribution is 1.86. The van der Waals surface area contributed by atoms with Crippen molar-refractivity contribution in [2.45, 2.75) is 13.3 Å². The zero-order chi connectivity index (χ0) is 8.85. The normalized spacial score (nSPS) is 9.91. The maximum Gasteiger partial charge on any atom is 0.331 e. The van der Waals surface area contributed by atoms with E-state index in [1.807, 2.05) is 6.92 Å². The van der Waals surface area contributed by atoms with Gasteiger partial charge < -0.3 is 4.90 Å². The number of nitrogens with zero attached hydrogens (tertiary/aromatic N) is 2. The van der Waals surface area contributed by atoms with E-state index in [-0.39, 0.29) is 6.03 Å². The number of hydrogen-bond acceptors (Lipinski definition) is 2. The summed E-state index contributed by atoms with van der Waals surface area (Å²) in [5, 5.41) is 1.63. The van der Waals surface area contributed by atoms with E-state index in [2.05, 4.69) is 5.43 Å². The van der Waals surface area contributed by atoms with Gasteiger partial charge in [0.15, 0.2) is 0 Å². The van der Waals surface area contributed by atoms with Gasteiger partial charge in [-0.1, -0.05) is 6.92 Å². The van der Waals surface area contributed by atoms with Gasteiger partial charge in [-0.05, 0) is 6.42 Å². The smallest absolute Gasteiger partial charge is 0.327 e. The average Bonchev–Trinajstić information content (AvgIpc) is 1.86. The van der Waals surface area contributed by atoms with Crippen molar-refractivity contribution in [2.75, 3.05) is 27.7 Å². The molecule has 0 aliphatic heterocycles. The fourth-order valence-corrected chi connectivity index (χ4v) is 0.714. The SMILES string of the molecule is CCCN(C)C(=O)NN(C)C. The minimum absolute atomic E-state index is 0.0585. The summed E-state index contributed by atoms with van der Waals surface area (Å²) in [5.41, 5.74) is 2.65. The van der Waals surface area contributed by atoms with Crippen LogP contribution in [0.15, 0.2) is 0 Å². The van der Waals surface area contributed by atoms with Crippen LogP contribution >= 0.6 is 0 Å². The highest BCUT2D eigenvalue weighted by Gasteiger charge is 2.05. The molecule has 0 saturated heterocycles. The molecular weight excluding hydrogens is 142 g/mol. The second kappa shape index (κ2) is 4.96. The first-order chi connectivity index (χ1) is 5.07. The van der Waals surface area contributed by atoms with E-state index in [1.54, 1.807) is 31.1 Å². The first kappa shape index (κ1) is 10.2. The van der Waals surface area contributed by atoms with Gasteiger partial charge >= 0.3 is 6.03 Å². The number of carbonyl (C=O) groups is 1. The van der Waals surface area contributed by atoms with Crippen LogP contribution in [0, 0.1) is 0 Å². The number of nitrogens with one attached hydrogen (secondary N) is 1. The predicted molar refractivity (Wildman–Crippen MR) is 45.1 cm³/mol. The van der Waals surface area contributed by atoms with Crippen molar-refractivity contribution >= 4 is 6.03 Å². The second-order valence-corrected chi connectivity index (χ2v) is 2.73. The van der Waals surface area contributed by atoms with Gasteiger partial charge in [-0.15, -0.1) is 0 Å². The van der Waals surface area contributed by atoms with Gasteiger partial charge in [0, 0.05) is 27.7 Å². The van der Waals surface area contributed by atoms with E-state index in [0.717, 1.165) is 13.0 Å². The zero-order valence-electron chi connectivity index (χ0n) is 7.72. The molecule has 0 aromatic rings. The Bertz CT molecular complexity index is 125. The summed E-state index contributed by atoms with van der Waals surface area (Å²) in [4.78, 5) is 12.8. The van der Waals surface area contributed by atoms with E-state index in [9.17, 15) is 4.79 Å². The van der Waals surface area contributed by atoms with Gasteiger partial charge in [0.05, 0.1) is 0 Å². The Kier molecular flexibility index (Phi) is 4.61. The Morgan fingerprint density at radius 3 is 2.27 bits per heavy atom. The number of carbonyl (C=O) groups excluding carboxylic acids is 1. The first-order valence-corrected chi connectivity index (χ1v) is 3.77. The number of hydrogen-bond donors (Lipinski definition) is 1. The molecule has 0 fully saturated rings. The lowest BCUT2D eigenvalue weighted by Gasteiger charge is -2.19. The third-order valence-corrected chi connectivity index (χ3v) is 1.22. The van der Waals surface area contributed by atoms with E-state index in [4.69, 9.17) is 0 Å². The summed E-state index contributed by atoms with van der Waals surface area (Å²) in [7, 11) is 5.36. The lowest BCUT2D eigenvalue weighted by Crippen LogP contribution is -2.44. The molecule has 0 heterocycles. The van der Waals surface area contributed by atoms with Gasteiger partial charge in [0.2, 0.25) is 0 Å². The van der Waals surface area contributed by atoms with Crippen molar-refractivity contribution < 1.29 is 4.79 Å². The monoisotopic (exact) mass is 159 g/mol. The van der Waals surface area contributed by atoms with Crippen LogP contribution in [-0.4, -0.2) is 43.6 Å². The highest BCUT2D eigenvalue weighted by atomic mass is 16.2. The molecule has 2 amide bonds. The molecule has 66 valence electrons. The van der Waals surface area contributed by atoms with Crippen molar-refractivity contribution in [1.82, 2.24) is 15.3 Å². The quantitative estimate of drug-likeness (QED) is 0.609. The largest absolute Gasteiger partial charge is 0.331 e. The predicted octanol–water partition coefficient (Wildman–Crippen LogP) is 0.514. The van der Waals surface area contributed by atoms with Crippen LogP contribution in [0.1, 0.15) is 13.3 Å². The molecule has 11 heavy (non-hydrogen) atoms. The van der Waals surface area contributed by atoms with Gasteiger partial charge in [-0.3, -0.25) is 5.43 Å². The lowest BCUT2D eigenvalue weighted by molar-refractivity contribution is 0.180. The van der Waals surface area contributed by atoms with Gasteiger partial charge in [-0.2, -0.15) is 0 Å². The van der Waals surface area contributed by atoms with Crippen LogP contribution in [0.25, 0.3) is 0 Å². The van der Waals surface area contributed by atoms with E-state index < -0.39 is 0 Å². The Morgan fingerprint density at radius 1 is 1.36 bits per heavy atom. The third-order valence-electron chi connectivity index (χ3n) is 1.22. The van der Waals surface area contributed by atoms with Crippen LogP contribution in [0.4, 0.5) is 4.79 Å². The minimum Gasteiger partial charge on any atom is -0.327 e. The summed E-state index contributed by atoms with van der Waals surface area (Å²) in [6.45, 7) is 2.83. The van der Waals surface area contributed by atoms with E-state index in [1.165, 1.54) is 0 Å². The van der Waals surface area contributed by atoms with Crippen molar-refractivity contribution in [3.8, 4) is 0 Å². The van der Waals surface area contributed by atoms with Crippen LogP contribution in [-0.2, 0) is 0 Å². The summed E-state index contributed by atoms with van der Waals surface area (Å²) in [6, 6.07) is -0.0585. The zero-order valence-corrected chi connectivity index (χ0v) is 7.72. The van der Waals surface area contributed by atoms with Crippen LogP contribution < -0.4 is 5.43 Å². The first-order valence-electron chi connectivity index (χ1n) is 3.77. The number of rotatable bonds is 3. The van der Waals surface area contributed by atoms with Gasteiger partial charge in [-0.25, -0.2) is 9.80 Å². The molecule has 0 aliphatic rings. The fourth-order valence-electron chi connectivity index (χ4n) is 0.714. The van der Waals surface area contributed by atoms with Crippen molar-refractivity contribution in [2.24, 2.45) is 0 Å². The molecule has 0 spiro atoms. The Labute approximate surface area is 68.1 Å². The topological polar surface area (TPSA) is 35.6 Å². The number of amides is 2. The van der Waals surface area contributed by atoms with E-state index in [0.29, 0.717) is 0 Å². The molecule has 4 heteroatoms. The van der Waals surface area contributed by atoms with Crippen molar-refractivity contribution in [3.05, 3.63) is 0 Å². The molecule has 0 bridgehead atoms. The summed E-state index contributed by atoms with van der Waals surface area (Å²) in [6.07, 6.45) is 0.983. The Hall–Kier alpha value is -0.770. The fraction of sp³-hybridized carbons (Fsp3) is 0.857. The lowest BCUT2D eigenvalue weighted by atomic mass is 10.4. The molecule has 0 aliphatic carbocycles. The maximum atomic E-state index is 11.1. The number of hydrazine groups is 1. The molecule has 1 N–H and O–H groups in total. The summed E-state index contributed by atoms with van der Waals surface area (Å²) >= 11 is 0. The molecule has 0 atom stereocenters. The third kappa shape index (κ3) is 4.61. The maximum absolute atomic E-state index is 11.1. The summed E-state index contributed by atoms with van der Waals surface area (Å²) in [5.74, 6) is 0. The molecular formula is C7H17N3O. The average molecular weight is 159 g/mol. The summed E-state index contributed by atoms with van der Waals surface area (Å²) < 4.78 is 0. The molecule has 0 rings (SSSR count). The second-order valence-electron chi connectivity index (χ2n) is 2.73. The molecule has 0 saturated carbocycles. The van der Waals surface area contributed by atoms with Crippen LogP contribution in [0.3, 0.4) is 0 Å². The molecule has 0 aromatic carbocycles. The van der Waals surface area contributed by atoms with Crippen molar-refractivity contribution in [3.63, 3.8) is 0 Å². The number of urea groups is 1. The van der Waals surface area contributed by atoms with Crippen LogP contribution in [0.2, 0.25) is 0 Å². The van der Waals surface area contributed by atoms with Crippen LogP contribution in [0.5, 0.6) is 0 Å². The molecule has 4 nitrogen and oxygen atoms in total. The molecule has 0 unspecified atom stereocenters. The molecule has 0 radical (unpaired) electrons. The van der Waals surface area contributed by atoms with Crippen molar-refractivity contribution in [1.29, 1.82) is 0 Å². The Balaban J connectivity index is 3.64. The van der Waals surface area contributed by atoms with Gasteiger partial charge in [0.1, 0.15) is 0 Å². The van der Waals surface area contributed by atoms with E-state index >= 15 is 0 Å². The van der Waals surface area contributed by atoms with Gasteiger partial charge in [0.25, 0.3) is 0 Å². The highest BCUT2D eigenvalue weighted by molar-refractivity contribution is 5.73. The Morgan fingerprint density at radius 2 is 1.91 bits per heavy atom. The molecule has 0 aromatic heterocycles. The standard InChI is InChI=1S/C7H17N3O/c1-5-6-10(4)7(11)8-9(2)3/h5-6H2,1-4H3,(H,8,11). The minimum atomic E-state index is -0.0585.